The normalized spacial score (nSPS) is 11.1. The molecule has 1 N–H and O–H groups in total. The molecule has 1 aromatic heterocycles. The van der Waals surface area contributed by atoms with Crippen molar-refractivity contribution in [2.24, 2.45) is 0 Å². The van der Waals surface area contributed by atoms with Gasteiger partial charge < -0.3 is 19.2 Å². The number of hydrogen-bond donors (Lipinski definition) is 1. The minimum Gasteiger partial charge on any atom is -0.492 e. The monoisotopic (exact) mass is 485 g/mol. The Morgan fingerprint density at radius 1 is 0.639 bits per heavy atom. The van der Waals surface area contributed by atoms with Gasteiger partial charge in [-0.2, -0.15) is 0 Å². The van der Waals surface area contributed by atoms with E-state index in [4.69, 9.17) is 14.2 Å². The van der Waals surface area contributed by atoms with Crippen molar-refractivity contribution in [2.75, 3.05) is 20.8 Å². The molecule has 1 heterocycles. The molecule has 4 nitrogen and oxygen atoms in total. The Kier molecular flexibility index (Phi) is 8.58. The summed E-state index contributed by atoms with van der Waals surface area (Å²) in [5.41, 5.74) is 1.08. The van der Waals surface area contributed by atoms with Crippen molar-refractivity contribution in [3.05, 3.63) is 54.6 Å². The average molecular weight is 486 g/mol. The molecular weight excluding hydrogens is 446 g/mol. The average Bonchev–Trinajstić information content (AvgIpc) is 3.34. The highest BCUT2D eigenvalue weighted by atomic mass is 16.5. The van der Waals surface area contributed by atoms with Crippen LogP contribution < -0.4 is 14.2 Å². The SMILES string of the molecule is CCCCC.CCCCCOc1cc2ccc3c(ccc4c5ccccc5c(OC)c(OC)c43)c2[nH]1. The topological polar surface area (TPSA) is 43.5 Å². The number of nitrogens with one attached hydrogen (secondary N) is 1. The number of benzene rings is 4. The predicted octanol–water partition coefficient (Wildman–Crippen LogP) is 9.41. The van der Waals surface area contributed by atoms with Crippen LogP contribution in [0.25, 0.3) is 43.2 Å². The van der Waals surface area contributed by atoms with E-state index in [9.17, 15) is 0 Å². The van der Waals surface area contributed by atoms with Crippen LogP contribution in [0.1, 0.15) is 59.3 Å². The van der Waals surface area contributed by atoms with Gasteiger partial charge in [-0.1, -0.05) is 101 Å². The van der Waals surface area contributed by atoms with Gasteiger partial charge in [-0.3, -0.25) is 0 Å². The number of aromatic amines is 1. The molecule has 0 aliphatic carbocycles. The molecule has 0 radical (unpaired) electrons. The van der Waals surface area contributed by atoms with E-state index < -0.39 is 0 Å². The first-order valence-electron chi connectivity index (χ1n) is 13.3. The minimum atomic E-state index is 0.735. The second kappa shape index (κ2) is 12.0. The smallest absolute Gasteiger partial charge is 0.191 e. The Balaban J connectivity index is 0.000000556. The van der Waals surface area contributed by atoms with E-state index in [1.54, 1.807) is 14.2 Å². The summed E-state index contributed by atoms with van der Waals surface area (Å²) in [5.74, 6) is 2.36. The van der Waals surface area contributed by atoms with Crippen molar-refractivity contribution >= 4 is 43.2 Å². The summed E-state index contributed by atoms with van der Waals surface area (Å²) in [5, 5.41) is 7.85. The standard InChI is InChI=1S/C27H27NO3.C5H12/c1-4-5-8-15-31-23-16-17-11-12-20-21(25(17)28-23)14-13-19-18-9-6-7-10-22(18)26(29-2)27(30-3)24(19)20;1-3-5-4-2/h6-7,9-14,16,28H,4-5,8,15H2,1-3H3;3-5H2,1-2H3. The van der Waals surface area contributed by atoms with Gasteiger partial charge in [0.2, 0.25) is 0 Å². The van der Waals surface area contributed by atoms with E-state index in [1.807, 2.05) is 6.07 Å². The highest BCUT2D eigenvalue weighted by Gasteiger charge is 2.19. The van der Waals surface area contributed by atoms with Crippen LogP contribution >= 0.6 is 0 Å². The fourth-order valence-corrected chi connectivity index (χ4v) is 4.97. The number of fused-ring (bicyclic) bond motifs is 7. The summed E-state index contributed by atoms with van der Waals surface area (Å²) in [7, 11) is 3.41. The largest absolute Gasteiger partial charge is 0.492 e. The van der Waals surface area contributed by atoms with Gasteiger partial charge in [0.15, 0.2) is 17.4 Å². The minimum absolute atomic E-state index is 0.735. The quantitative estimate of drug-likeness (QED) is 0.167. The van der Waals surface area contributed by atoms with Crippen molar-refractivity contribution in [1.82, 2.24) is 4.98 Å². The second-order valence-corrected chi connectivity index (χ2v) is 9.27. The molecule has 4 heteroatoms. The van der Waals surface area contributed by atoms with Crippen LogP contribution in [0.2, 0.25) is 0 Å². The number of ether oxygens (including phenoxy) is 3. The molecule has 190 valence electrons. The number of H-pyrrole nitrogens is 1. The molecule has 4 aromatic carbocycles. The highest BCUT2D eigenvalue weighted by molar-refractivity contribution is 6.25. The number of hydrogen-bond acceptors (Lipinski definition) is 3. The van der Waals surface area contributed by atoms with E-state index in [-0.39, 0.29) is 0 Å². The maximum atomic E-state index is 5.97. The van der Waals surface area contributed by atoms with E-state index in [2.05, 4.69) is 74.3 Å². The highest BCUT2D eigenvalue weighted by Crippen LogP contribution is 2.46. The van der Waals surface area contributed by atoms with E-state index in [0.717, 1.165) is 73.6 Å². The molecule has 0 fully saturated rings. The third-order valence-electron chi connectivity index (χ3n) is 6.78. The van der Waals surface area contributed by atoms with Crippen LogP contribution in [-0.4, -0.2) is 25.8 Å². The van der Waals surface area contributed by atoms with Crippen LogP contribution in [0.3, 0.4) is 0 Å². The zero-order valence-electron chi connectivity index (χ0n) is 22.4. The molecule has 0 unspecified atom stereocenters. The number of rotatable bonds is 9. The van der Waals surface area contributed by atoms with Gasteiger partial charge in [-0.25, -0.2) is 0 Å². The number of aromatic nitrogens is 1. The molecule has 0 saturated heterocycles. The summed E-state index contributed by atoms with van der Waals surface area (Å²) in [6.07, 6.45) is 7.52. The molecule has 0 saturated carbocycles. The Morgan fingerprint density at radius 2 is 1.28 bits per heavy atom. The van der Waals surface area contributed by atoms with Crippen LogP contribution in [0.5, 0.6) is 17.4 Å². The molecule has 5 aromatic rings. The lowest BCUT2D eigenvalue weighted by molar-refractivity contribution is 0.297. The zero-order chi connectivity index (χ0) is 25.5. The van der Waals surface area contributed by atoms with Crippen LogP contribution in [0.4, 0.5) is 0 Å². The van der Waals surface area contributed by atoms with Gasteiger partial charge >= 0.3 is 0 Å². The summed E-state index contributed by atoms with van der Waals surface area (Å²) in [6.45, 7) is 7.36. The van der Waals surface area contributed by atoms with E-state index in [1.165, 1.54) is 32.1 Å². The van der Waals surface area contributed by atoms with Crippen LogP contribution in [-0.2, 0) is 0 Å². The maximum absolute atomic E-state index is 5.97. The Hall–Kier alpha value is -3.40. The number of unbranched alkanes of at least 4 members (excludes halogenated alkanes) is 4. The lowest BCUT2D eigenvalue weighted by Crippen LogP contribution is -1.96. The predicted molar refractivity (Wildman–Crippen MR) is 154 cm³/mol. The van der Waals surface area contributed by atoms with Gasteiger partial charge in [0, 0.05) is 27.6 Å². The Labute approximate surface area is 214 Å². The summed E-state index contributed by atoms with van der Waals surface area (Å²) < 4.78 is 17.7. The molecule has 0 spiro atoms. The maximum Gasteiger partial charge on any atom is 0.191 e. The van der Waals surface area contributed by atoms with Crippen molar-refractivity contribution in [3.63, 3.8) is 0 Å². The third-order valence-corrected chi connectivity index (χ3v) is 6.78. The summed E-state index contributed by atoms with van der Waals surface area (Å²) >= 11 is 0. The molecule has 36 heavy (non-hydrogen) atoms. The molecular formula is C32H39NO3. The zero-order valence-corrected chi connectivity index (χ0v) is 22.4. The fraction of sp³-hybridized carbons (Fsp3) is 0.375. The van der Waals surface area contributed by atoms with Gasteiger partial charge in [0.25, 0.3) is 0 Å². The molecule has 0 bridgehead atoms. The van der Waals surface area contributed by atoms with Gasteiger partial charge in [0.1, 0.15) is 0 Å². The number of methoxy groups -OCH3 is 2. The third kappa shape index (κ3) is 4.95. The van der Waals surface area contributed by atoms with E-state index in [0.29, 0.717) is 0 Å². The lowest BCUT2D eigenvalue weighted by atomic mass is 9.94. The van der Waals surface area contributed by atoms with Crippen molar-refractivity contribution in [1.29, 1.82) is 0 Å². The van der Waals surface area contributed by atoms with Crippen molar-refractivity contribution in [3.8, 4) is 17.4 Å². The van der Waals surface area contributed by atoms with E-state index >= 15 is 0 Å². The molecule has 5 rings (SSSR count). The molecule has 0 atom stereocenters. The first-order valence-corrected chi connectivity index (χ1v) is 13.3. The molecule has 0 amide bonds. The van der Waals surface area contributed by atoms with Gasteiger partial charge in [-0.15, -0.1) is 0 Å². The summed E-state index contributed by atoms with van der Waals surface area (Å²) in [4.78, 5) is 3.49. The lowest BCUT2D eigenvalue weighted by Gasteiger charge is -2.17. The Bertz CT molecular complexity index is 1450. The Morgan fingerprint density at radius 3 is 1.94 bits per heavy atom. The fourth-order valence-electron chi connectivity index (χ4n) is 4.97. The van der Waals surface area contributed by atoms with Crippen molar-refractivity contribution < 1.29 is 14.2 Å². The van der Waals surface area contributed by atoms with Crippen LogP contribution in [0, 0.1) is 0 Å². The molecule has 0 aliphatic heterocycles. The van der Waals surface area contributed by atoms with Gasteiger partial charge in [0.05, 0.1) is 26.3 Å². The van der Waals surface area contributed by atoms with Crippen molar-refractivity contribution in [2.45, 2.75) is 59.3 Å². The summed E-state index contributed by atoms with van der Waals surface area (Å²) in [6, 6.07) is 19.1. The van der Waals surface area contributed by atoms with Gasteiger partial charge in [-0.05, 0) is 22.6 Å². The first kappa shape index (κ1) is 25.7. The molecule has 0 aliphatic rings. The second-order valence-electron chi connectivity index (χ2n) is 9.27. The van der Waals surface area contributed by atoms with Crippen LogP contribution in [0.15, 0.2) is 54.6 Å². The first-order chi connectivity index (χ1) is 17.7.